The van der Waals surface area contributed by atoms with Crippen molar-refractivity contribution in [1.29, 1.82) is 0 Å². The van der Waals surface area contributed by atoms with Gasteiger partial charge in [0, 0.05) is 5.69 Å². The van der Waals surface area contributed by atoms with E-state index in [4.69, 9.17) is 11.6 Å². The Labute approximate surface area is 112 Å². The number of ketones is 1. The maximum Gasteiger partial charge on any atom is 0.166 e. The summed E-state index contributed by atoms with van der Waals surface area (Å²) in [4.78, 5) is 15.7. The van der Waals surface area contributed by atoms with Crippen molar-refractivity contribution in [3.05, 3.63) is 39.2 Å². The van der Waals surface area contributed by atoms with Gasteiger partial charge in [-0.05, 0) is 48.0 Å². The van der Waals surface area contributed by atoms with E-state index in [1.54, 1.807) is 16.8 Å². The smallest absolute Gasteiger partial charge is 0.166 e. The van der Waals surface area contributed by atoms with Gasteiger partial charge in [0.2, 0.25) is 0 Å². The van der Waals surface area contributed by atoms with E-state index < -0.39 is 0 Å². The number of aromatic nitrogens is 3. The third kappa shape index (κ3) is 2.40. The summed E-state index contributed by atoms with van der Waals surface area (Å²) < 4.78 is 2.28. The Bertz CT molecular complexity index is 594. The second-order valence-corrected chi connectivity index (χ2v) is 4.78. The molecule has 0 aromatic carbocycles. The van der Waals surface area contributed by atoms with E-state index in [1.165, 1.54) is 6.92 Å². The number of hydrogen-bond donors (Lipinski definition) is 0. The van der Waals surface area contributed by atoms with Gasteiger partial charge in [0.25, 0.3) is 0 Å². The van der Waals surface area contributed by atoms with Crippen molar-refractivity contribution in [3.63, 3.8) is 0 Å². The Morgan fingerprint density at radius 1 is 1.47 bits per heavy atom. The number of pyridine rings is 1. The van der Waals surface area contributed by atoms with Crippen LogP contribution in [0, 0.1) is 6.92 Å². The van der Waals surface area contributed by atoms with Crippen LogP contribution in [0.4, 0.5) is 0 Å². The van der Waals surface area contributed by atoms with E-state index in [1.807, 2.05) is 13.0 Å². The highest BCUT2D eigenvalue weighted by atomic mass is 79.9. The molecule has 0 bridgehead atoms. The zero-order chi connectivity index (χ0) is 12.6. The van der Waals surface area contributed by atoms with Crippen LogP contribution in [-0.2, 0) is 0 Å². The molecule has 0 amide bonds. The minimum atomic E-state index is -0.0739. The van der Waals surface area contributed by atoms with E-state index >= 15 is 0 Å². The molecule has 0 fully saturated rings. The maximum atomic E-state index is 11.5. The summed E-state index contributed by atoms with van der Waals surface area (Å²) in [6.07, 6.45) is 0. The first-order valence-electron chi connectivity index (χ1n) is 4.89. The Kier molecular flexibility index (Phi) is 3.31. The molecule has 0 aliphatic heterocycles. The van der Waals surface area contributed by atoms with E-state index in [9.17, 15) is 4.79 Å². The zero-order valence-corrected chi connectivity index (χ0v) is 11.6. The van der Waals surface area contributed by atoms with Crippen molar-refractivity contribution in [1.82, 2.24) is 14.8 Å². The highest BCUT2D eigenvalue weighted by molar-refractivity contribution is 9.10. The highest BCUT2D eigenvalue weighted by Gasteiger charge is 2.14. The van der Waals surface area contributed by atoms with Gasteiger partial charge in [0.1, 0.15) is 9.76 Å². The lowest BCUT2D eigenvalue weighted by Gasteiger charge is -2.07. The van der Waals surface area contributed by atoms with Crippen LogP contribution in [0.2, 0.25) is 5.15 Å². The molecule has 2 aromatic heterocycles. The molecule has 2 heterocycles. The minimum absolute atomic E-state index is 0.0739. The molecule has 0 aliphatic carbocycles. The number of carbonyl (C=O) groups is 1. The normalized spacial score (nSPS) is 10.6. The van der Waals surface area contributed by atoms with Crippen LogP contribution in [0.3, 0.4) is 0 Å². The molecule has 0 aliphatic rings. The number of carbonyl (C=O) groups excluding carboxylic acids is 1. The molecular formula is C11H9BrClN3O. The second-order valence-electron chi connectivity index (χ2n) is 3.58. The van der Waals surface area contributed by atoms with E-state index in [2.05, 4.69) is 26.0 Å². The molecule has 2 aromatic rings. The standard InChI is InChI=1S/C11H9BrClN3O/c1-6-5-9(12)15-16(6)11-8(7(2)17)3-4-10(13)14-11/h3-5H,1-2H3. The lowest BCUT2D eigenvalue weighted by molar-refractivity contribution is 0.101. The van der Waals surface area contributed by atoms with Crippen molar-refractivity contribution in [3.8, 4) is 5.82 Å². The van der Waals surface area contributed by atoms with Gasteiger partial charge in [-0.25, -0.2) is 9.67 Å². The average molecular weight is 315 g/mol. The Balaban J connectivity index is 2.69. The van der Waals surface area contributed by atoms with Gasteiger partial charge in [-0.3, -0.25) is 4.79 Å². The van der Waals surface area contributed by atoms with Crippen LogP contribution < -0.4 is 0 Å². The monoisotopic (exact) mass is 313 g/mol. The topological polar surface area (TPSA) is 47.8 Å². The number of aryl methyl sites for hydroxylation is 1. The first kappa shape index (κ1) is 12.3. The SMILES string of the molecule is CC(=O)c1ccc(Cl)nc1-n1nc(Br)cc1C. The first-order chi connectivity index (χ1) is 7.99. The molecule has 0 radical (unpaired) electrons. The summed E-state index contributed by atoms with van der Waals surface area (Å²) in [5, 5.41) is 4.55. The van der Waals surface area contributed by atoms with Gasteiger partial charge < -0.3 is 0 Å². The van der Waals surface area contributed by atoms with Gasteiger partial charge in [0.15, 0.2) is 11.6 Å². The van der Waals surface area contributed by atoms with Crippen molar-refractivity contribution in [2.45, 2.75) is 13.8 Å². The lowest BCUT2D eigenvalue weighted by atomic mass is 10.2. The van der Waals surface area contributed by atoms with Gasteiger partial charge >= 0.3 is 0 Å². The molecule has 0 spiro atoms. The molecule has 0 saturated carbocycles. The quantitative estimate of drug-likeness (QED) is 0.632. The van der Waals surface area contributed by atoms with Gasteiger partial charge in [-0.15, -0.1) is 0 Å². The molecule has 88 valence electrons. The molecule has 2 rings (SSSR count). The largest absolute Gasteiger partial charge is 0.294 e. The molecule has 0 N–H and O–H groups in total. The van der Waals surface area contributed by atoms with E-state index in [0.29, 0.717) is 21.1 Å². The van der Waals surface area contributed by atoms with Crippen LogP contribution in [0.1, 0.15) is 23.0 Å². The Morgan fingerprint density at radius 3 is 2.71 bits per heavy atom. The molecule has 0 unspecified atom stereocenters. The van der Waals surface area contributed by atoms with Gasteiger partial charge in [-0.1, -0.05) is 11.6 Å². The van der Waals surface area contributed by atoms with Crippen LogP contribution in [0.5, 0.6) is 0 Å². The third-order valence-corrected chi connectivity index (χ3v) is 2.88. The van der Waals surface area contributed by atoms with E-state index in [-0.39, 0.29) is 5.78 Å². The van der Waals surface area contributed by atoms with Crippen LogP contribution in [-0.4, -0.2) is 20.5 Å². The minimum Gasteiger partial charge on any atom is -0.294 e. The van der Waals surface area contributed by atoms with Gasteiger partial charge in [0.05, 0.1) is 5.56 Å². The first-order valence-corrected chi connectivity index (χ1v) is 6.06. The molecule has 6 heteroatoms. The number of halogens is 2. The van der Waals surface area contributed by atoms with Crippen LogP contribution in [0.25, 0.3) is 5.82 Å². The van der Waals surface area contributed by atoms with Crippen LogP contribution in [0.15, 0.2) is 22.8 Å². The Morgan fingerprint density at radius 2 is 2.18 bits per heavy atom. The van der Waals surface area contributed by atoms with Crippen molar-refractivity contribution in [2.75, 3.05) is 0 Å². The third-order valence-electron chi connectivity index (χ3n) is 2.28. The molecular weight excluding hydrogens is 305 g/mol. The predicted molar refractivity (Wildman–Crippen MR) is 68.8 cm³/mol. The summed E-state index contributed by atoms with van der Waals surface area (Å²) >= 11 is 9.14. The van der Waals surface area contributed by atoms with Crippen molar-refractivity contribution >= 4 is 33.3 Å². The number of Topliss-reactive ketones (excluding diaryl/α,β-unsaturated/α-hetero) is 1. The highest BCUT2D eigenvalue weighted by Crippen LogP contribution is 2.20. The second kappa shape index (κ2) is 4.58. The zero-order valence-electron chi connectivity index (χ0n) is 9.24. The van der Waals surface area contributed by atoms with E-state index in [0.717, 1.165) is 5.69 Å². The fraction of sp³-hybridized carbons (Fsp3) is 0.182. The fourth-order valence-corrected chi connectivity index (χ4v) is 2.15. The number of nitrogens with zero attached hydrogens (tertiary/aromatic N) is 3. The fourth-order valence-electron chi connectivity index (χ4n) is 1.51. The summed E-state index contributed by atoms with van der Waals surface area (Å²) in [6, 6.07) is 5.09. The summed E-state index contributed by atoms with van der Waals surface area (Å²) in [5.74, 6) is 0.378. The van der Waals surface area contributed by atoms with Crippen LogP contribution >= 0.6 is 27.5 Å². The average Bonchev–Trinajstić information content (AvgIpc) is 2.57. The molecule has 0 saturated heterocycles. The summed E-state index contributed by atoms with van der Waals surface area (Å²) in [7, 11) is 0. The predicted octanol–water partition coefficient (Wildman–Crippen LogP) is 3.19. The molecule has 17 heavy (non-hydrogen) atoms. The summed E-state index contributed by atoms with van der Waals surface area (Å²) in [5.41, 5.74) is 1.36. The number of hydrogen-bond acceptors (Lipinski definition) is 3. The Hall–Kier alpha value is -1.20. The van der Waals surface area contributed by atoms with Crippen molar-refractivity contribution in [2.24, 2.45) is 0 Å². The molecule has 4 nitrogen and oxygen atoms in total. The summed E-state index contributed by atoms with van der Waals surface area (Å²) in [6.45, 7) is 3.37. The van der Waals surface area contributed by atoms with Gasteiger partial charge in [-0.2, -0.15) is 5.10 Å². The lowest BCUT2D eigenvalue weighted by Crippen LogP contribution is -2.08. The van der Waals surface area contributed by atoms with Crippen molar-refractivity contribution < 1.29 is 4.79 Å². The molecule has 0 atom stereocenters. The number of rotatable bonds is 2. The maximum absolute atomic E-state index is 11.5.